The number of rotatable bonds is 1. The second-order valence-corrected chi connectivity index (χ2v) is 4.69. The number of hydrogen-bond acceptors (Lipinski definition) is 4. The summed E-state index contributed by atoms with van der Waals surface area (Å²) in [5, 5.41) is 17.6. The lowest BCUT2D eigenvalue weighted by Crippen LogP contribution is -2.38. The summed E-state index contributed by atoms with van der Waals surface area (Å²) >= 11 is 0. The highest BCUT2D eigenvalue weighted by molar-refractivity contribution is 5.97. The average molecular weight is 258 g/mol. The summed E-state index contributed by atoms with van der Waals surface area (Å²) < 4.78 is 1.93. The van der Waals surface area contributed by atoms with Crippen LogP contribution >= 0.6 is 0 Å². The Labute approximate surface area is 110 Å². The number of aromatic nitrogens is 3. The standard InChI is InChI=1S/C13H14N4O2/c1-9-2-3-11(18)10(6-9)13(19)16-4-5-17-8-14-15-12(17)7-16/h2-3,6,8,18H,4-5,7H2,1H3. The van der Waals surface area contributed by atoms with Gasteiger partial charge in [-0.15, -0.1) is 10.2 Å². The summed E-state index contributed by atoms with van der Waals surface area (Å²) in [5.74, 6) is 0.616. The minimum atomic E-state index is -0.171. The van der Waals surface area contributed by atoms with Crippen molar-refractivity contribution in [2.24, 2.45) is 0 Å². The minimum Gasteiger partial charge on any atom is -0.507 e. The molecule has 1 N–H and O–H groups in total. The number of amides is 1. The number of hydrogen-bond donors (Lipinski definition) is 1. The minimum absolute atomic E-state index is 0.0163. The Balaban J connectivity index is 1.87. The Bertz CT molecular complexity index is 635. The number of aryl methyl sites for hydroxylation is 1. The normalized spacial score (nSPS) is 14.3. The fraction of sp³-hybridized carbons (Fsp3) is 0.308. The van der Waals surface area contributed by atoms with Gasteiger partial charge in [-0.1, -0.05) is 11.6 Å². The molecule has 3 rings (SSSR count). The highest BCUT2D eigenvalue weighted by Crippen LogP contribution is 2.22. The van der Waals surface area contributed by atoms with Gasteiger partial charge in [0.05, 0.1) is 12.1 Å². The highest BCUT2D eigenvalue weighted by Gasteiger charge is 2.24. The van der Waals surface area contributed by atoms with Crippen LogP contribution in [0.2, 0.25) is 0 Å². The van der Waals surface area contributed by atoms with E-state index >= 15 is 0 Å². The van der Waals surface area contributed by atoms with Crippen LogP contribution in [-0.4, -0.2) is 37.2 Å². The lowest BCUT2D eigenvalue weighted by Gasteiger charge is -2.27. The number of carbonyl (C=O) groups excluding carboxylic acids is 1. The van der Waals surface area contributed by atoms with Gasteiger partial charge in [-0.3, -0.25) is 4.79 Å². The molecule has 0 spiro atoms. The van der Waals surface area contributed by atoms with Crippen LogP contribution in [0, 0.1) is 6.92 Å². The van der Waals surface area contributed by atoms with E-state index in [2.05, 4.69) is 10.2 Å². The molecule has 19 heavy (non-hydrogen) atoms. The molecule has 1 aliphatic heterocycles. The van der Waals surface area contributed by atoms with Crippen molar-refractivity contribution in [1.82, 2.24) is 19.7 Å². The number of phenolic OH excluding ortho intramolecular Hbond substituents is 1. The molecule has 1 aromatic carbocycles. The molecule has 0 atom stereocenters. The van der Waals surface area contributed by atoms with Crippen LogP contribution in [0.25, 0.3) is 0 Å². The van der Waals surface area contributed by atoms with Crippen LogP contribution in [0.4, 0.5) is 0 Å². The zero-order chi connectivity index (χ0) is 13.4. The van der Waals surface area contributed by atoms with Crippen LogP contribution in [0.1, 0.15) is 21.7 Å². The van der Waals surface area contributed by atoms with E-state index in [0.717, 1.165) is 11.4 Å². The van der Waals surface area contributed by atoms with Gasteiger partial charge in [0, 0.05) is 13.1 Å². The van der Waals surface area contributed by atoms with Gasteiger partial charge in [-0.25, -0.2) is 0 Å². The monoisotopic (exact) mass is 258 g/mol. The summed E-state index contributed by atoms with van der Waals surface area (Å²) in [6.07, 6.45) is 1.67. The molecule has 0 fully saturated rings. The number of nitrogens with zero attached hydrogens (tertiary/aromatic N) is 4. The molecule has 0 radical (unpaired) electrons. The van der Waals surface area contributed by atoms with Crippen molar-refractivity contribution in [2.45, 2.75) is 20.0 Å². The zero-order valence-corrected chi connectivity index (χ0v) is 10.6. The molecule has 1 aromatic heterocycles. The van der Waals surface area contributed by atoms with Crippen molar-refractivity contribution in [3.05, 3.63) is 41.5 Å². The molecule has 1 amide bonds. The largest absolute Gasteiger partial charge is 0.507 e. The van der Waals surface area contributed by atoms with E-state index in [4.69, 9.17) is 0 Å². The van der Waals surface area contributed by atoms with Gasteiger partial charge in [0.2, 0.25) is 0 Å². The summed E-state index contributed by atoms with van der Waals surface area (Å²) in [4.78, 5) is 14.1. The third kappa shape index (κ3) is 2.05. The Morgan fingerprint density at radius 1 is 1.37 bits per heavy atom. The molecule has 0 saturated carbocycles. The van der Waals surface area contributed by atoms with Crippen molar-refractivity contribution in [3.63, 3.8) is 0 Å². The first-order valence-electron chi connectivity index (χ1n) is 6.11. The molecule has 2 aromatic rings. The third-order valence-corrected chi connectivity index (χ3v) is 3.31. The molecule has 0 bridgehead atoms. The van der Waals surface area contributed by atoms with E-state index in [1.807, 2.05) is 11.5 Å². The Morgan fingerprint density at radius 3 is 3.05 bits per heavy atom. The molecular weight excluding hydrogens is 244 g/mol. The molecule has 1 aliphatic rings. The summed E-state index contributed by atoms with van der Waals surface area (Å²) in [6, 6.07) is 5.03. The van der Waals surface area contributed by atoms with Gasteiger partial charge >= 0.3 is 0 Å². The number of benzene rings is 1. The fourth-order valence-corrected chi connectivity index (χ4v) is 2.23. The van der Waals surface area contributed by atoms with Crippen LogP contribution in [0.15, 0.2) is 24.5 Å². The van der Waals surface area contributed by atoms with Gasteiger partial charge in [0.1, 0.15) is 12.1 Å². The molecule has 6 nitrogen and oxygen atoms in total. The van der Waals surface area contributed by atoms with E-state index in [1.165, 1.54) is 0 Å². The van der Waals surface area contributed by atoms with E-state index in [-0.39, 0.29) is 11.7 Å². The zero-order valence-electron chi connectivity index (χ0n) is 10.6. The molecule has 0 saturated heterocycles. The van der Waals surface area contributed by atoms with Crippen molar-refractivity contribution >= 4 is 5.91 Å². The van der Waals surface area contributed by atoms with Gasteiger partial charge < -0.3 is 14.6 Å². The van der Waals surface area contributed by atoms with Gasteiger partial charge in [0.15, 0.2) is 5.82 Å². The van der Waals surface area contributed by atoms with Crippen LogP contribution in [-0.2, 0) is 13.1 Å². The van der Waals surface area contributed by atoms with Gasteiger partial charge in [-0.2, -0.15) is 0 Å². The number of fused-ring (bicyclic) bond motifs is 1. The van der Waals surface area contributed by atoms with E-state index in [0.29, 0.717) is 25.2 Å². The number of aromatic hydroxyl groups is 1. The third-order valence-electron chi connectivity index (χ3n) is 3.31. The quantitative estimate of drug-likeness (QED) is 0.826. The molecule has 0 unspecified atom stereocenters. The maximum atomic E-state index is 12.4. The maximum Gasteiger partial charge on any atom is 0.258 e. The van der Waals surface area contributed by atoms with Crippen LogP contribution in [0.3, 0.4) is 0 Å². The van der Waals surface area contributed by atoms with Crippen molar-refractivity contribution in [1.29, 1.82) is 0 Å². The summed E-state index contributed by atoms with van der Waals surface area (Å²) in [7, 11) is 0. The van der Waals surface area contributed by atoms with Crippen molar-refractivity contribution in [3.8, 4) is 5.75 Å². The highest BCUT2D eigenvalue weighted by atomic mass is 16.3. The molecule has 6 heteroatoms. The number of phenols is 1. The average Bonchev–Trinajstić information content (AvgIpc) is 2.88. The van der Waals surface area contributed by atoms with E-state index < -0.39 is 0 Å². The van der Waals surface area contributed by atoms with E-state index in [1.54, 1.807) is 29.4 Å². The van der Waals surface area contributed by atoms with Crippen molar-refractivity contribution < 1.29 is 9.90 Å². The fourth-order valence-electron chi connectivity index (χ4n) is 2.23. The predicted octanol–water partition coefficient (Wildman–Crippen LogP) is 0.948. The van der Waals surface area contributed by atoms with Crippen LogP contribution in [0.5, 0.6) is 5.75 Å². The predicted molar refractivity (Wildman–Crippen MR) is 67.6 cm³/mol. The molecule has 2 heterocycles. The summed E-state index contributed by atoms with van der Waals surface area (Å²) in [5.41, 5.74) is 1.29. The Morgan fingerprint density at radius 2 is 2.21 bits per heavy atom. The van der Waals surface area contributed by atoms with Gasteiger partial charge in [0.25, 0.3) is 5.91 Å². The second-order valence-electron chi connectivity index (χ2n) is 4.69. The smallest absolute Gasteiger partial charge is 0.258 e. The molecule has 0 aliphatic carbocycles. The Hall–Kier alpha value is -2.37. The lowest BCUT2D eigenvalue weighted by atomic mass is 10.1. The maximum absolute atomic E-state index is 12.4. The first-order valence-corrected chi connectivity index (χ1v) is 6.11. The SMILES string of the molecule is Cc1ccc(O)c(C(=O)N2CCn3cnnc3C2)c1. The molecule has 98 valence electrons. The first-order chi connectivity index (χ1) is 9.15. The van der Waals surface area contributed by atoms with Crippen molar-refractivity contribution in [2.75, 3.05) is 6.54 Å². The second kappa shape index (κ2) is 4.38. The topological polar surface area (TPSA) is 71.2 Å². The summed E-state index contributed by atoms with van der Waals surface area (Å²) in [6.45, 7) is 3.59. The lowest BCUT2D eigenvalue weighted by molar-refractivity contribution is 0.0704. The number of carbonyl (C=O) groups is 1. The molecular formula is C13H14N4O2. The van der Waals surface area contributed by atoms with Crippen LogP contribution < -0.4 is 0 Å². The van der Waals surface area contributed by atoms with E-state index in [9.17, 15) is 9.90 Å². The van der Waals surface area contributed by atoms with Gasteiger partial charge in [-0.05, 0) is 19.1 Å². The first kappa shape index (κ1) is 11.7. The Kier molecular flexibility index (Phi) is 2.70.